The average molecular weight is 1670 g/mol. The lowest BCUT2D eigenvalue weighted by Crippen LogP contribution is -2.61. The van der Waals surface area contributed by atoms with E-state index in [1.165, 1.54) is 114 Å². The molecule has 0 fully saturated rings. The highest BCUT2D eigenvalue weighted by molar-refractivity contribution is 7.00. The number of hydrogen-bond donors (Lipinski definition) is 0. The van der Waals surface area contributed by atoms with Crippen LogP contribution >= 0.6 is 0 Å². The summed E-state index contributed by atoms with van der Waals surface area (Å²) < 4.78 is 0. The molecule has 2 heterocycles. The monoisotopic (exact) mass is 1670 g/mol. The van der Waals surface area contributed by atoms with Gasteiger partial charge in [-0.1, -0.05) is 411 Å². The molecule has 0 N–H and O–H groups in total. The van der Waals surface area contributed by atoms with E-state index >= 15 is 0 Å². The van der Waals surface area contributed by atoms with E-state index in [9.17, 15) is 0 Å². The predicted octanol–water partition coefficient (Wildman–Crippen LogP) is 33.6. The Balaban J connectivity index is 0.906. The lowest BCUT2D eigenvalue weighted by atomic mass is 9.33. The number of anilines is 9. The number of benzene rings is 21. The van der Waals surface area contributed by atoms with Gasteiger partial charge in [0.05, 0.1) is 17.1 Å². The smallest absolute Gasteiger partial charge is 0.252 e. The molecule has 3 nitrogen and oxygen atoms in total. The third kappa shape index (κ3) is 13.5. The first kappa shape index (κ1) is 79.8. The van der Waals surface area contributed by atoms with Crippen LogP contribution in [0.5, 0.6) is 0 Å². The Hall–Kier alpha value is -14.8. The molecule has 0 bridgehead atoms. The Kier molecular flexibility index (Phi) is 18.7. The van der Waals surface area contributed by atoms with Crippen molar-refractivity contribution in [2.75, 3.05) is 14.7 Å². The quantitative estimate of drug-likeness (QED) is 0.0841. The normalized spacial score (nSPS) is 12.9. The van der Waals surface area contributed by atoms with Crippen LogP contribution in [-0.2, 0) is 21.7 Å². The molecule has 21 aromatic rings. The summed E-state index contributed by atoms with van der Waals surface area (Å²) in [5, 5.41) is 15.3. The fourth-order valence-electron chi connectivity index (χ4n) is 21.3. The van der Waals surface area contributed by atoms with Gasteiger partial charge in [0, 0.05) is 56.4 Å². The molecule has 0 saturated heterocycles. The van der Waals surface area contributed by atoms with Gasteiger partial charge < -0.3 is 14.7 Å². The van der Waals surface area contributed by atoms with Gasteiger partial charge in [0.2, 0.25) is 0 Å². The highest BCUT2D eigenvalue weighted by Crippen LogP contribution is 2.58. The highest BCUT2D eigenvalue weighted by Gasteiger charge is 2.47. The second-order valence-corrected chi connectivity index (χ2v) is 40.4. The first-order valence-electron chi connectivity index (χ1n) is 46.2. The van der Waals surface area contributed by atoms with Crippen molar-refractivity contribution >= 4 is 139 Å². The Morgan fingerprint density at radius 1 is 0.200 bits per heavy atom. The lowest BCUT2D eigenvalue weighted by molar-refractivity contribution is 0.591. The maximum atomic E-state index is 2.75. The molecular weight excluding hydrogens is 1570 g/mol. The standard InChI is InChI=1S/C126H102BN3/c1-123(2,3)95-65-89-49-51-91-67-97(125(7,8)9)75-108-106(71-93(69-95)116(89)118(91)108)87-57-63-110-112(73-87)129(121-102(83-37-23-15-24-38-83)45-31-46-103(121)84-39-25-16-26-40-84)114-77-101(128(99-59-53-81(54-60-99)79-33-19-13-20-34-79)100-61-55-82(56-62-100)80-35-21-14-22-36-80)78-115-120(114)127(110)111-64-58-88(74-113(111)130(115)122-104(85-41-27-17-28-42-85)47-32-48-105(122)86-43-29-18-30-44-86)107-72-94-70-96(124(4,5)6)66-90-50-52-92-68-98(126(10,11)12)76-109(107)119(92)117(90)94/h13-78H,1-12H3. The highest BCUT2D eigenvalue weighted by atomic mass is 15.2. The summed E-state index contributed by atoms with van der Waals surface area (Å²) in [5.41, 5.74) is 36.1. The summed E-state index contributed by atoms with van der Waals surface area (Å²) in [7, 11) is 0. The molecular formula is C126H102BN3. The van der Waals surface area contributed by atoms with Gasteiger partial charge in [-0.3, -0.25) is 0 Å². The SMILES string of the molecule is CC(C)(C)c1cc2ccc3cc(C(C)(C)C)cc4c(-c5ccc6c(c5)N(c5c(-c7ccccc7)cccc5-c5ccccc5)c5cc(N(c7ccc(-c8ccccc8)cc7)c7ccc(-c8ccccc8)cc7)cc7c5B6c5ccc(-c6cc8cc(C(C)(C)C)cc9ccc%10cc(C(C)(C)C)cc6c%10c98)cc5N7c5c(-c6ccccc6)cccc5-c5ccccc5)cc(c1)c2c34. The van der Waals surface area contributed by atoms with E-state index in [0.29, 0.717) is 0 Å². The maximum absolute atomic E-state index is 2.75. The van der Waals surface area contributed by atoms with Crippen molar-refractivity contribution in [3.8, 4) is 89.0 Å². The van der Waals surface area contributed by atoms with Gasteiger partial charge in [-0.05, 0) is 264 Å². The Labute approximate surface area is 764 Å². The van der Waals surface area contributed by atoms with Crippen molar-refractivity contribution in [1.82, 2.24) is 0 Å². The molecule has 0 unspecified atom stereocenters. The molecule has 0 spiro atoms. The van der Waals surface area contributed by atoms with Crippen LogP contribution in [0, 0.1) is 0 Å². The summed E-state index contributed by atoms with van der Waals surface area (Å²) in [6, 6.07) is 154. The molecule has 4 heteroatoms. The van der Waals surface area contributed by atoms with Gasteiger partial charge in [0.1, 0.15) is 0 Å². The summed E-state index contributed by atoms with van der Waals surface area (Å²) in [6.45, 7) is 28.0. The van der Waals surface area contributed by atoms with Gasteiger partial charge in [-0.2, -0.15) is 0 Å². The fourth-order valence-corrected chi connectivity index (χ4v) is 21.3. The van der Waals surface area contributed by atoms with Gasteiger partial charge in [-0.25, -0.2) is 0 Å². The molecule has 130 heavy (non-hydrogen) atoms. The van der Waals surface area contributed by atoms with Crippen LogP contribution in [0.2, 0.25) is 0 Å². The zero-order chi connectivity index (χ0) is 88.4. The first-order valence-corrected chi connectivity index (χ1v) is 46.2. The van der Waals surface area contributed by atoms with Gasteiger partial charge in [-0.15, -0.1) is 0 Å². The van der Waals surface area contributed by atoms with Crippen LogP contribution in [0.1, 0.15) is 105 Å². The van der Waals surface area contributed by atoms with Crippen LogP contribution in [0.25, 0.3) is 154 Å². The van der Waals surface area contributed by atoms with E-state index in [4.69, 9.17) is 0 Å². The van der Waals surface area contributed by atoms with E-state index in [0.717, 1.165) is 129 Å². The van der Waals surface area contributed by atoms with Crippen molar-refractivity contribution in [1.29, 1.82) is 0 Å². The van der Waals surface area contributed by atoms with E-state index in [1.54, 1.807) is 0 Å². The minimum Gasteiger partial charge on any atom is -0.310 e. The zero-order valence-corrected chi connectivity index (χ0v) is 76.0. The zero-order valence-electron chi connectivity index (χ0n) is 76.0. The summed E-state index contributed by atoms with van der Waals surface area (Å²) >= 11 is 0. The molecule has 0 saturated carbocycles. The van der Waals surface area contributed by atoms with Crippen molar-refractivity contribution in [2.45, 2.75) is 105 Å². The van der Waals surface area contributed by atoms with Crippen molar-refractivity contribution in [3.63, 3.8) is 0 Å². The summed E-state index contributed by atoms with van der Waals surface area (Å²) in [6.07, 6.45) is 0. The summed E-state index contributed by atoms with van der Waals surface area (Å²) in [5.74, 6) is 0. The van der Waals surface area contributed by atoms with Crippen LogP contribution in [0.3, 0.4) is 0 Å². The molecule has 624 valence electrons. The van der Waals surface area contributed by atoms with Gasteiger partial charge in [0.15, 0.2) is 0 Å². The molecule has 0 atom stereocenters. The molecule has 2 aliphatic heterocycles. The molecule has 0 amide bonds. The minimum absolute atomic E-state index is 0.108. The Bertz CT molecular complexity index is 7430. The number of nitrogens with zero attached hydrogens (tertiary/aromatic N) is 3. The second-order valence-electron chi connectivity index (χ2n) is 40.4. The van der Waals surface area contributed by atoms with E-state index < -0.39 is 0 Å². The number of rotatable bonds is 13. The summed E-state index contributed by atoms with van der Waals surface area (Å²) in [4.78, 5) is 8.04. The van der Waals surface area contributed by atoms with Gasteiger partial charge in [0.25, 0.3) is 6.71 Å². The third-order valence-corrected chi connectivity index (χ3v) is 28.0. The molecule has 0 aliphatic carbocycles. The molecule has 0 radical (unpaired) electrons. The Morgan fingerprint density at radius 3 is 0.792 bits per heavy atom. The van der Waals surface area contributed by atoms with E-state index in [1.807, 2.05) is 0 Å². The van der Waals surface area contributed by atoms with Crippen LogP contribution < -0.4 is 31.1 Å². The van der Waals surface area contributed by atoms with Crippen LogP contribution in [-0.4, -0.2) is 6.71 Å². The molecule has 2 aliphatic rings. The maximum Gasteiger partial charge on any atom is 0.252 e. The van der Waals surface area contributed by atoms with Gasteiger partial charge >= 0.3 is 0 Å². The number of para-hydroxylation sites is 2. The predicted molar refractivity (Wildman–Crippen MR) is 561 cm³/mol. The fraction of sp³-hybridized carbons (Fsp3) is 0.127. The van der Waals surface area contributed by atoms with Crippen LogP contribution in [0.4, 0.5) is 51.2 Å². The van der Waals surface area contributed by atoms with Crippen molar-refractivity contribution < 1.29 is 0 Å². The van der Waals surface area contributed by atoms with Crippen molar-refractivity contribution in [2.24, 2.45) is 0 Å². The number of fused-ring (bicyclic) bond motifs is 4. The molecule has 0 aromatic heterocycles. The van der Waals surface area contributed by atoms with Crippen molar-refractivity contribution in [3.05, 3.63) is 423 Å². The first-order chi connectivity index (χ1) is 63.0. The minimum atomic E-state index is -0.350. The van der Waals surface area contributed by atoms with E-state index in [-0.39, 0.29) is 28.4 Å². The second kappa shape index (κ2) is 30.4. The number of hydrogen-bond acceptors (Lipinski definition) is 3. The Morgan fingerprint density at radius 2 is 0.477 bits per heavy atom. The molecule has 23 rings (SSSR count). The van der Waals surface area contributed by atoms with Crippen LogP contribution in [0.15, 0.2) is 400 Å². The third-order valence-electron chi connectivity index (χ3n) is 28.0. The average Bonchev–Trinajstić information content (AvgIpc) is 0.682. The molecule has 21 aromatic carbocycles. The topological polar surface area (TPSA) is 9.72 Å². The largest absolute Gasteiger partial charge is 0.310 e. The van der Waals surface area contributed by atoms with E-state index in [2.05, 4.69) is 498 Å². The lowest BCUT2D eigenvalue weighted by Gasteiger charge is -2.46.